The van der Waals surface area contributed by atoms with E-state index in [2.05, 4.69) is 9.97 Å². The molecule has 0 radical (unpaired) electrons. The van der Waals surface area contributed by atoms with Crippen LogP contribution in [0.2, 0.25) is 0 Å². The van der Waals surface area contributed by atoms with Crippen molar-refractivity contribution in [2.45, 2.75) is 6.42 Å². The van der Waals surface area contributed by atoms with Gasteiger partial charge in [0.05, 0.1) is 6.26 Å². The fourth-order valence-electron chi connectivity index (χ4n) is 2.17. The van der Waals surface area contributed by atoms with Gasteiger partial charge >= 0.3 is 0 Å². The topological polar surface area (TPSA) is 69.6 Å². The van der Waals surface area contributed by atoms with Crippen LogP contribution in [0, 0.1) is 0 Å². The summed E-state index contributed by atoms with van der Waals surface area (Å²) in [7, 11) is 0.742. The number of aromatic nitrogens is 2. The second-order valence-corrected chi connectivity index (χ2v) is 7.09. The zero-order valence-corrected chi connectivity index (χ0v) is 13.0. The Labute approximate surface area is 120 Å². The summed E-state index contributed by atoms with van der Waals surface area (Å²) in [4.78, 5) is 12.8. The Balaban J connectivity index is 2.13. The van der Waals surface area contributed by atoms with E-state index < -0.39 is 10.0 Å². The summed E-state index contributed by atoms with van der Waals surface area (Å²) in [5.74, 6) is 1.51. The molecule has 2 heterocycles. The quantitative estimate of drug-likeness (QED) is 0.783. The molecular weight excluding hydrogens is 278 g/mol. The minimum absolute atomic E-state index is 0.481. The summed E-state index contributed by atoms with van der Waals surface area (Å²) < 4.78 is 24.7. The van der Waals surface area contributed by atoms with Crippen molar-refractivity contribution in [1.82, 2.24) is 14.3 Å². The van der Waals surface area contributed by atoms with Crippen molar-refractivity contribution in [1.29, 1.82) is 0 Å². The molecule has 0 amide bonds. The summed E-state index contributed by atoms with van der Waals surface area (Å²) in [5.41, 5.74) is 0. The highest BCUT2D eigenvalue weighted by atomic mass is 32.2. The van der Waals surface area contributed by atoms with E-state index in [1.54, 1.807) is 6.20 Å². The van der Waals surface area contributed by atoms with E-state index >= 15 is 0 Å². The van der Waals surface area contributed by atoms with Crippen molar-refractivity contribution >= 4 is 21.8 Å². The van der Waals surface area contributed by atoms with Crippen LogP contribution in [-0.2, 0) is 10.0 Å². The lowest BCUT2D eigenvalue weighted by Crippen LogP contribution is -2.35. The first-order valence-corrected chi connectivity index (χ1v) is 8.43. The first kappa shape index (κ1) is 15.0. The molecule has 0 bridgehead atoms. The van der Waals surface area contributed by atoms with Gasteiger partial charge in [0.15, 0.2) is 0 Å². The number of anilines is 2. The number of sulfonamides is 1. The lowest BCUT2D eigenvalue weighted by molar-refractivity contribution is 0.437. The van der Waals surface area contributed by atoms with Gasteiger partial charge in [-0.3, -0.25) is 0 Å². The first-order chi connectivity index (χ1) is 9.38. The second kappa shape index (κ2) is 5.92. The van der Waals surface area contributed by atoms with Crippen LogP contribution < -0.4 is 9.80 Å². The molecule has 2 rings (SSSR count). The van der Waals surface area contributed by atoms with Gasteiger partial charge in [-0.1, -0.05) is 0 Å². The van der Waals surface area contributed by atoms with Gasteiger partial charge < -0.3 is 9.80 Å². The van der Waals surface area contributed by atoms with Crippen molar-refractivity contribution in [3.63, 3.8) is 0 Å². The number of nitrogens with zero attached hydrogens (tertiary/aromatic N) is 5. The lowest BCUT2D eigenvalue weighted by Gasteiger charge is -2.22. The standard InChI is InChI=1S/C12H21N5O2S/c1-15(2)11-5-6-13-12(14-11)16-7-4-8-17(10-9-16)20(3,18)19/h5-6H,4,7-10H2,1-3H3. The predicted molar refractivity (Wildman–Crippen MR) is 79.6 cm³/mol. The average molecular weight is 299 g/mol. The maximum Gasteiger partial charge on any atom is 0.227 e. The van der Waals surface area contributed by atoms with E-state index in [9.17, 15) is 8.42 Å². The van der Waals surface area contributed by atoms with Crippen molar-refractivity contribution in [2.75, 3.05) is 56.3 Å². The summed E-state index contributed by atoms with van der Waals surface area (Å²) >= 11 is 0. The molecule has 0 aromatic carbocycles. The van der Waals surface area contributed by atoms with Crippen molar-refractivity contribution in [3.8, 4) is 0 Å². The van der Waals surface area contributed by atoms with Crippen molar-refractivity contribution < 1.29 is 8.42 Å². The van der Waals surface area contributed by atoms with Crippen LogP contribution >= 0.6 is 0 Å². The van der Waals surface area contributed by atoms with Crippen LogP contribution in [0.4, 0.5) is 11.8 Å². The van der Waals surface area contributed by atoms with Crippen molar-refractivity contribution in [3.05, 3.63) is 12.3 Å². The van der Waals surface area contributed by atoms with E-state index in [1.165, 1.54) is 10.6 Å². The molecule has 1 aromatic rings. The third-order valence-electron chi connectivity index (χ3n) is 3.29. The molecule has 0 aliphatic carbocycles. The van der Waals surface area contributed by atoms with Crippen LogP contribution in [0.1, 0.15) is 6.42 Å². The molecular formula is C12H21N5O2S. The molecule has 0 spiro atoms. The molecule has 0 N–H and O–H groups in total. The highest BCUT2D eigenvalue weighted by Crippen LogP contribution is 2.15. The molecule has 1 fully saturated rings. The molecule has 0 saturated carbocycles. The zero-order chi connectivity index (χ0) is 14.8. The van der Waals surface area contributed by atoms with E-state index in [0.717, 1.165) is 18.8 Å². The van der Waals surface area contributed by atoms with Gasteiger partial charge in [-0.15, -0.1) is 0 Å². The Morgan fingerprint density at radius 1 is 1.20 bits per heavy atom. The Morgan fingerprint density at radius 3 is 2.60 bits per heavy atom. The zero-order valence-electron chi connectivity index (χ0n) is 12.2. The van der Waals surface area contributed by atoms with Crippen LogP contribution in [0.15, 0.2) is 12.3 Å². The largest absolute Gasteiger partial charge is 0.363 e. The average Bonchev–Trinajstić information content (AvgIpc) is 2.64. The van der Waals surface area contributed by atoms with Crippen LogP contribution in [-0.4, -0.2) is 69.2 Å². The molecule has 1 aromatic heterocycles. The number of hydrogen-bond donors (Lipinski definition) is 0. The molecule has 1 aliphatic rings. The van der Waals surface area contributed by atoms with Gasteiger partial charge in [0.25, 0.3) is 0 Å². The summed E-state index contributed by atoms with van der Waals surface area (Å²) in [6.45, 7) is 2.42. The molecule has 20 heavy (non-hydrogen) atoms. The van der Waals surface area contributed by atoms with Crippen LogP contribution in [0.5, 0.6) is 0 Å². The maximum absolute atomic E-state index is 11.6. The summed E-state index contributed by atoms with van der Waals surface area (Å²) in [6, 6.07) is 1.85. The maximum atomic E-state index is 11.6. The van der Waals surface area contributed by atoms with Gasteiger partial charge in [0.2, 0.25) is 16.0 Å². The first-order valence-electron chi connectivity index (χ1n) is 6.58. The Morgan fingerprint density at radius 2 is 1.95 bits per heavy atom. The fraction of sp³-hybridized carbons (Fsp3) is 0.667. The van der Waals surface area contributed by atoms with E-state index in [1.807, 2.05) is 30.0 Å². The SMILES string of the molecule is CN(C)c1ccnc(N2CCCN(S(C)(=O)=O)CC2)n1. The molecule has 7 nitrogen and oxygen atoms in total. The minimum Gasteiger partial charge on any atom is -0.363 e. The van der Waals surface area contributed by atoms with Gasteiger partial charge in [-0.2, -0.15) is 4.98 Å². The van der Waals surface area contributed by atoms with E-state index in [4.69, 9.17) is 0 Å². The predicted octanol–water partition coefficient (Wildman–Crippen LogP) is 0.0143. The normalized spacial score (nSPS) is 17.9. The summed E-state index contributed by atoms with van der Waals surface area (Å²) in [5, 5.41) is 0. The molecule has 8 heteroatoms. The Hall–Kier alpha value is -1.41. The Kier molecular flexibility index (Phi) is 4.44. The molecule has 0 atom stereocenters. The third kappa shape index (κ3) is 3.57. The lowest BCUT2D eigenvalue weighted by atomic mass is 10.4. The molecule has 1 aliphatic heterocycles. The van der Waals surface area contributed by atoms with Gasteiger partial charge in [-0.25, -0.2) is 17.7 Å². The van der Waals surface area contributed by atoms with Gasteiger partial charge in [-0.05, 0) is 12.5 Å². The monoisotopic (exact) mass is 299 g/mol. The van der Waals surface area contributed by atoms with Gasteiger partial charge in [0.1, 0.15) is 5.82 Å². The third-order valence-corrected chi connectivity index (χ3v) is 4.60. The molecule has 112 valence electrons. The number of rotatable bonds is 3. The Bertz CT molecular complexity index is 561. The minimum atomic E-state index is -3.12. The highest BCUT2D eigenvalue weighted by molar-refractivity contribution is 7.88. The van der Waals surface area contributed by atoms with Crippen LogP contribution in [0.3, 0.4) is 0 Å². The van der Waals surface area contributed by atoms with Gasteiger partial charge in [0, 0.05) is 46.5 Å². The number of hydrogen-bond acceptors (Lipinski definition) is 6. The second-order valence-electron chi connectivity index (χ2n) is 5.11. The smallest absolute Gasteiger partial charge is 0.227 e. The molecule has 1 saturated heterocycles. The molecule has 0 unspecified atom stereocenters. The fourth-order valence-corrected chi connectivity index (χ4v) is 3.04. The summed E-state index contributed by atoms with van der Waals surface area (Å²) in [6.07, 6.45) is 3.77. The van der Waals surface area contributed by atoms with E-state index in [-0.39, 0.29) is 0 Å². The van der Waals surface area contributed by atoms with Crippen LogP contribution in [0.25, 0.3) is 0 Å². The van der Waals surface area contributed by atoms with Crippen molar-refractivity contribution in [2.24, 2.45) is 0 Å². The van der Waals surface area contributed by atoms with E-state index in [0.29, 0.717) is 25.6 Å². The highest BCUT2D eigenvalue weighted by Gasteiger charge is 2.22.